The molecule has 1 rings (SSSR count). The molecule has 1 unspecified atom stereocenters. The Labute approximate surface area is 137 Å². The van der Waals surface area contributed by atoms with Gasteiger partial charge >= 0.3 is 0 Å². The number of benzene rings is 1. The van der Waals surface area contributed by atoms with Crippen LogP contribution in [0.2, 0.25) is 10.0 Å². The van der Waals surface area contributed by atoms with E-state index in [1.165, 1.54) is 5.56 Å². The number of halogens is 2. The fraction of sp³-hybridized carbons (Fsp3) is 0.625. The van der Waals surface area contributed by atoms with Crippen LogP contribution in [0.3, 0.4) is 0 Å². The van der Waals surface area contributed by atoms with Crippen LogP contribution in [-0.4, -0.2) is 23.1 Å². The molecule has 20 heavy (non-hydrogen) atoms. The molecule has 1 aromatic carbocycles. The van der Waals surface area contributed by atoms with Gasteiger partial charge in [0.05, 0.1) is 0 Å². The maximum atomic E-state index is 6.28. The number of hydrogen-bond donors (Lipinski definition) is 1. The molecule has 4 heteroatoms. The smallest absolute Gasteiger partial charge is 0.0453 e. The van der Waals surface area contributed by atoms with Crippen molar-refractivity contribution in [1.82, 2.24) is 5.32 Å². The lowest BCUT2D eigenvalue weighted by Crippen LogP contribution is -2.35. The summed E-state index contributed by atoms with van der Waals surface area (Å²) in [6.07, 6.45) is 2.09. The number of nitrogens with one attached hydrogen (secondary N) is 1. The van der Waals surface area contributed by atoms with Crippen molar-refractivity contribution in [2.24, 2.45) is 0 Å². The third-order valence-corrected chi connectivity index (χ3v) is 4.90. The highest BCUT2D eigenvalue weighted by molar-refractivity contribution is 8.00. The highest BCUT2D eigenvalue weighted by Crippen LogP contribution is 2.26. The maximum Gasteiger partial charge on any atom is 0.0453 e. The van der Waals surface area contributed by atoms with E-state index < -0.39 is 0 Å². The SMILES string of the molecule is CCCNC(CSC(C)(C)C)Cc1ccc(Cl)cc1Cl. The number of hydrogen-bond acceptors (Lipinski definition) is 2. The normalized spacial score (nSPS) is 13.5. The number of rotatable bonds is 7. The van der Waals surface area contributed by atoms with Crippen molar-refractivity contribution in [2.75, 3.05) is 12.3 Å². The second-order valence-corrected chi connectivity index (χ2v) is 8.70. The molecular formula is C16H25Cl2NS. The Morgan fingerprint density at radius 2 is 1.95 bits per heavy atom. The molecule has 0 bridgehead atoms. The molecule has 0 fully saturated rings. The van der Waals surface area contributed by atoms with Crippen molar-refractivity contribution >= 4 is 35.0 Å². The molecule has 1 atom stereocenters. The summed E-state index contributed by atoms with van der Waals surface area (Å²) in [6, 6.07) is 6.22. The third kappa shape index (κ3) is 7.21. The van der Waals surface area contributed by atoms with E-state index in [4.69, 9.17) is 23.2 Å². The molecule has 0 aromatic heterocycles. The predicted octanol–water partition coefficient (Wildman–Crippen LogP) is 5.44. The first-order valence-corrected chi connectivity index (χ1v) is 8.87. The quantitative estimate of drug-likeness (QED) is 0.713. The van der Waals surface area contributed by atoms with E-state index in [0.29, 0.717) is 11.1 Å². The van der Waals surface area contributed by atoms with Gasteiger partial charge in [0.2, 0.25) is 0 Å². The molecule has 0 saturated carbocycles. The lowest BCUT2D eigenvalue weighted by atomic mass is 10.1. The second kappa shape index (κ2) is 8.53. The molecule has 0 spiro atoms. The summed E-state index contributed by atoms with van der Waals surface area (Å²) in [6.45, 7) is 9.99. The fourth-order valence-electron chi connectivity index (χ4n) is 1.84. The van der Waals surface area contributed by atoms with E-state index >= 15 is 0 Å². The van der Waals surface area contributed by atoms with Gasteiger partial charge in [-0.2, -0.15) is 11.8 Å². The molecule has 1 N–H and O–H groups in total. The zero-order chi connectivity index (χ0) is 15.2. The van der Waals surface area contributed by atoms with Gasteiger partial charge in [0, 0.05) is 26.6 Å². The Morgan fingerprint density at radius 3 is 2.50 bits per heavy atom. The van der Waals surface area contributed by atoms with Gasteiger partial charge in [0.1, 0.15) is 0 Å². The first-order chi connectivity index (χ1) is 9.31. The van der Waals surface area contributed by atoms with Gasteiger partial charge in [-0.15, -0.1) is 0 Å². The van der Waals surface area contributed by atoms with E-state index in [9.17, 15) is 0 Å². The van der Waals surface area contributed by atoms with Gasteiger partial charge in [-0.05, 0) is 37.1 Å². The van der Waals surface area contributed by atoms with Gasteiger partial charge in [0.15, 0.2) is 0 Å². The Bertz CT molecular complexity index is 415. The standard InChI is InChI=1S/C16H25Cl2NS/c1-5-8-19-14(11-20-16(2,3)4)9-12-6-7-13(17)10-15(12)18/h6-7,10,14,19H,5,8-9,11H2,1-4H3. The van der Waals surface area contributed by atoms with E-state index in [0.717, 1.165) is 30.2 Å². The fourth-order valence-corrected chi connectivity index (χ4v) is 3.26. The van der Waals surface area contributed by atoms with E-state index in [2.05, 4.69) is 33.0 Å². The largest absolute Gasteiger partial charge is 0.313 e. The Hall–Kier alpha value is 0.110. The predicted molar refractivity (Wildman–Crippen MR) is 94.5 cm³/mol. The van der Waals surface area contributed by atoms with E-state index in [1.807, 2.05) is 30.0 Å². The van der Waals surface area contributed by atoms with Gasteiger partial charge in [-0.3, -0.25) is 0 Å². The molecule has 0 heterocycles. The molecular weight excluding hydrogens is 309 g/mol. The second-order valence-electron chi connectivity index (χ2n) is 6.01. The molecule has 0 aliphatic heterocycles. The summed E-state index contributed by atoms with van der Waals surface area (Å²) in [5, 5.41) is 5.08. The lowest BCUT2D eigenvalue weighted by molar-refractivity contribution is 0.548. The van der Waals surface area contributed by atoms with Crippen LogP contribution in [0.1, 0.15) is 39.7 Å². The van der Waals surface area contributed by atoms with Gasteiger partial charge in [0.25, 0.3) is 0 Å². The zero-order valence-electron chi connectivity index (χ0n) is 12.8. The maximum absolute atomic E-state index is 6.28. The summed E-state index contributed by atoms with van der Waals surface area (Å²) < 4.78 is 0.288. The monoisotopic (exact) mass is 333 g/mol. The van der Waals surface area contributed by atoms with Crippen molar-refractivity contribution in [1.29, 1.82) is 0 Å². The van der Waals surface area contributed by atoms with Crippen LogP contribution < -0.4 is 5.32 Å². The zero-order valence-corrected chi connectivity index (χ0v) is 15.1. The van der Waals surface area contributed by atoms with E-state index in [-0.39, 0.29) is 4.75 Å². The van der Waals surface area contributed by atoms with Crippen molar-refractivity contribution in [3.63, 3.8) is 0 Å². The van der Waals surface area contributed by atoms with Crippen LogP contribution >= 0.6 is 35.0 Å². The number of thioether (sulfide) groups is 1. The van der Waals surface area contributed by atoms with Crippen molar-refractivity contribution in [2.45, 2.75) is 51.3 Å². The summed E-state index contributed by atoms with van der Waals surface area (Å²) in [4.78, 5) is 0. The van der Waals surface area contributed by atoms with Crippen LogP contribution in [0, 0.1) is 0 Å². The van der Waals surface area contributed by atoms with Crippen molar-refractivity contribution < 1.29 is 0 Å². The molecule has 0 aliphatic carbocycles. The van der Waals surface area contributed by atoms with Gasteiger partial charge in [-0.1, -0.05) is 57.0 Å². The third-order valence-electron chi connectivity index (χ3n) is 2.88. The van der Waals surface area contributed by atoms with Crippen LogP contribution in [0.15, 0.2) is 18.2 Å². The minimum absolute atomic E-state index is 0.288. The first kappa shape index (κ1) is 18.2. The van der Waals surface area contributed by atoms with E-state index in [1.54, 1.807) is 0 Å². The van der Waals surface area contributed by atoms with Crippen LogP contribution in [0.5, 0.6) is 0 Å². The Kier molecular flexibility index (Phi) is 7.74. The summed E-state index contributed by atoms with van der Waals surface area (Å²) in [7, 11) is 0. The molecule has 1 nitrogen and oxygen atoms in total. The average molecular weight is 334 g/mol. The summed E-state index contributed by atoms with van der Waals surface area (Å²) >= 11 is 14.2. The molecule has 114 valence electrons. The average Bonchev–Trinajstić information content (AvgIpc) is 2.34. The van der Waals surface area contributed by atoms with Crippen molar-refractivity contribution in [3.05, 3.63) is 33.8 Å². The minimum atomic E-state index is 0.288. The first-order valence-electron chi connectivity index (χ1n) is 7.13. The topological polar surface area (TPSA) is 12.0 Å². The molecule has 0 radical (unpaired) electrons. The highest BCUT2D eigenvalue weighted by Gasteiger charge is 2.16. The molecule has 1 aromatic rings. The molecule has 0 saturated heterocycles. The lowest BCUT2D eigenvalue weighted by Gasteiger charge is -2.24. The molecule has 0 amide bonds. The van der Waals surface area contributed by atoms with Crippen molar-refractivity contribution in [3.8, 4) is 0 Å². The van der Waals surface area contributed by atoms with Crippen LogP contribution in [0.4, 0.5) is 0 Å². The minimum Gasteiger partial charge on any atom is -0.313 e. The Morgan fingerprint density at radius 1 is 1.25 bits per heavy atom. The van der Waals surface area contributed by atoms with Gasteiger partial charge in [-0.25, -0.2) is 0 Å². The van der Waals surface area contributed by atoms with Gasteiger partial charge < -0.3 is 5.32 Å². The van der Waals surface area contributed by atoms with Crippen LogP contribution in [-0.2, 0) is 6.42 Å². The van der Waals surface area contributed by atoms with Crippen LogP contribution in [0.25, 0.3) is 0 Å². The highest BCUT2D eigenvalue weighted by atomic mass is 35.5. The summed E-state index contributed by atoms with van der Waals surface area (Å²) in [5.41, 5.74) is 1.17. The summed E-state index contributed by atoms with van der Waals surface area (Å²) in [5.74, 6) is 1.09. The molecule has 0 aliphatic rings. The Balaban J connectivity index is 2.67.